The minimum Gasteiger partial charge on any atom is -0.300 e. The maximum atomic E-state index is 11.0. The lowest BCUT2D eigenvalue weighted by molar-refractivity contribution is -0.116. The lowest BCUT2D eigenvalue weighted by Crippen LogP contribution is -1.94. The Bertz CT molecular complexity index is 561. The van der Waals surface area contributed by atoms with Gasteiger partial charge >= 0.3 is 0 Å². The third kappa shape index (κ3) is 3.44. The second-order valence-corrected chi connectivity index (χ2v) is 4.85. The molecule has 0 aliphatic carbocycles. The lowest BCUT2D eigenvalue weighted by atomic mass is 10.0. The van der Waals surface area contributed by atoms with E-state index in [2.05, 4.69) is 18.2 Å². The molecule has 0 aromatic heterocycles. The average molecular weight is 259 g/mol. The number of ketones is 1. The molecular formula is C16H15ClO. The molecule has 1 nitrogen and oxygen atoms in total. The van der Waals surface area contributed by atoms with Crippen molar-refractivity contribution >= 4 is 17.4 Å². The van der Waals surface area contributed by atoms with Crippen LogP contribution in [0.4, 0.5) is 0 Å². The summed E-state index contributed by atoms with van der Waals surface area (Å²) in [7, 11) is 0. The molecule has 2 aromatic rings. The molecule has 0 bridgehead atoms. The number of Topliss-reactive ketones (excluding diaryl/α,β-unsaturated/α-hetero) is 1. The van der Waals surface area contributed by atoms with Crippen molar-refractivity contribution in [2.75, 3.05) is 0 Å². The van der Waals surface area contributed by atoms with Crippen LogP contribution >= 0.6 is 11.6 Å². The van der Waals surface area contributed by atoms with E-state index in [0.29, 0.717) is 6.42 Å². The number of hydrogen-bond donors (Lipinski definition) is 0. The Balaban J connectivity index is 2.24. The Morgan fingerprint density at radius 2 is 1.72 bits per heavy atom. The molecule has 0 unspecified atom stereocenters. The van der Waals surface area contributed by atoms with Gasteiger partial charge in [-0.05, 0) is 42.2 Å². The second kappa shape index (κ2) is 5.83. The molecule has 0 aliphatic rings. The minimum atomic E-state index is 0.225. The zero-order valence-electron chi connectivity index (χ0n) is 10.3. The summed E-state index contributed by atoms with van der Waals surface area (Å²) in [5, 5.41) is 0.738. The van der Waals surface area contributed by atoms with E-state index in [1.165, 1.54) is 5.56 Å². The molecular weight excluding hydrogens is 244 g/mol. The molecule has 0 heterocycles. The summed E-state index contributed by atoms with van der Waals surface area (Å²) in [6.45, 7) is 1.63. The number of carbonyl (C=O) groups is 1. The molecule has 0 amide bonds. The summed E-state index contributed by atoms with van der Waals surface area (Å²) in [6.07, 6.45) is 1.39. The molecule has 0 saturated heterocycles. The number of carbonyl (C=O) groups excluding carboxylic acids is 1. The van der Waals surface area contributed by atoms with Crippen molar-refractivity contribution in [3.63, 3.8) is 0 Å². The van der Waals surface area contributed by atoms with Crippen LogP contribution in [0.25, 0.3) is 11.1 Å². The maximum Gasteiger partial charge on any atom is 0.130 e. The number of rotatable bonds is 4. The van der Waals surface area contributed by atoms with Gasteiger partial charge in [0.15, 0.2) is 0 Å². The second-order valence-electron chi connectivity index (χ2n) is 4.41. The van der Waals surface area contributed by atoms with Gasteiger partial charge in [0.25, 0.3) is 0 Å². The summed E-state index contributed by atoms with van der Waals surface area (Å²) >= 11 is 5.99. The molecule has 0 saturated carbocycles. The van der Waals surface area contributed by atoms with E-state index < -0.39 is 0 Å². The first-order valence-electron chi connectivity index (χ1n) is 5.99. The first-order valence-corrected chi connectivity index (χ1v) is 6.37. The third-order valence-electron chi connectivity index (χ3n) is 2.85. The average Bonchev–Trinajstić information content (AvgIpc) is 2.37. The van der Waals surface area contributed by atoms with Crippen LogP contribution in [0, 0.1) is 0 Å². The molecule has 2 aromatic carbocycles. The van der Waals surface area contributed by atoms with Crippen molar-refractivity contribution in [1.82, 2.24) is 0 Å². The van der Waals surface area contributed by atoms with Crippen LogP contribution in [0.2, 0.25) is 5.02 Å². The Kier molecular flexibility index (Phi) is 4.16. The van der Waals surface area contributed by atoms with Crippen molar-refractivity contribution in [3.05, 3.63) is 59.1 Å². The Hall–Kier alpha value is -1.60. The van der Waals surface area contributed by atoms with Crippen LogP contribution in [0.3, 0.4) is 0 Å². The van der Waals surface area contributed by atoms with Crippen LogP contribution in [0.15, 0.2) is 48.5 Å². The Morgan fingerprint density at radius 1 is 1.06 bits per heavy atom. The molecule has 18 heavy (non-hydrogen) atoms. The van der Waals surface area contributed by atoms with Gasteiger partial charge in [-0.15, -0.1) is 0 Å². The minimum absolute atomic E-state index is 0.225. The van der Waals surface area contributed by atoms with Crippen molar-refractivity contribution in [1.29, 1.82) is 0 Å². The van der Waals surface area contributed by atoms with E-state index in [0.717, 1.165) is 22.6 Å². The number of halogens is 1. The SMILES string of the molecule is CC(=O)CCc1cccc(-c2cccc(Cl)c2)c1. The van der Waals surface area contributed by atoms with Crippen molar-refractivity contribution in [3.8, 4) is 11.1 Å². The monoisotopic (exact) mass is 258 g/mol. The zero-order valence-corrected chi connectivity index (χ0v) is 11.1. The molecule has 0 fully saturated rings. The normalized spacial score (nSPS) is 10.3. The Morgan fingerprint density at radius 3 is 2.39 bits per heavy atom. The zero-order chi connectivity index (χ0) is 13.0. The molecule has 0 spiro atoms. The first kappa shape index (κ1) is 12.8. The van der Waals surface area contributed by atoms with E-state index in [1.54, 1.807) is 6.92 Å². The number of benzene rings is 2. The number of hydrogen-bond acceptors (Lipinski definition) is 1. The largest absolute Gasteiger partial charge is 0.300 e. The highest BCUT2D eigenvalue weighted by Crippen LogP contribution is 2.23. The van der Waals surface area contributed by atoms with Crippen LogP contribution in [-0.2, 0) is 11.2 Å². The highest BCUT2D eigenvalue weighted by molar-refractivity contribution is 6.30. The smallest absolute Gasteiger partial charge is 0.130 e. The van der Waals surface area contributed by atoms with Gasteiger partial charge in [0, 0.05) is 11.4 Å². The van der Waals surface area contributed by atoms with Gasteiger partial charge in [0.2, 0.25) is 0 Å². The maximum absolute atomic E-state index is 11.0. The van der Waals surface area contributed by atoms with E-state index >= 15 is 0 Å². The molecule has 2 rings (SSSR count). The molecule has 0 aliphatic heterocycles. The predicted octanol–water partition coefficient (Wildman–Crippen LogP) is 4.53. The summed E-state index contributed by atoms with van der Waals surface area (Å²) in [5.74, 6) is 0.225. The Labute approximate surface area is 112 Å². The third-order valence-corrected chi connectivity index (χ3v) is 3.09. The van der Waals surface area contributed by atoms with E-state index in [9.17, 15) is 4.79 Å². The lowest BCUT2D eigenvalue weighted by Gasteiger charge is -2.05. The van der Waals surface area contributed by atoms with Crippen molar-refractivity contribution in [2.45, 2.75) is 19.8 Å². The molecule has 0 atom stereocenters. The molecule has 92 valence electrons. The standard InChI is InChI=1S/C16H15ClO/c1-12(18)8-9-13-4-2-5-14(10-13)15-6-3-7-16(17)11-15/h2-7,10-11H,8-9H2,1H3. The molecule has 0 radical (unpaired) electrons. The quantitative estimate of drug-likeness (QED) is 0.788. The van der Waals surface area contributed by atoms with Gasteiger partial charge in [-0.3, -0.25) is 0 Å². The van der Waals surface area contributed by atoms with Crippen LogP contribution in [0.1, 0.15) is 18.9 Å². The summed E-state index contributed by atoms with van der Waals surface area (Å²) < 4.78 is 0. The topological polar surface area (TPSA) is 17.1 Å². The van der Waals surface area contributed by atoms with Crippen LogP contribution in [-0.4, -0.2) is 5.78 Å². The molecule has 2 heteroatoms. The molecule has 0 N–H and O–H groups in total. The fourth-order valence-electron chi connectivity index (χ4n) is 1.89. The summed E-state index contributed by atoms with van der Waals surface area (Å²) in [5.41, 5.74) is 3.42. The highest BCUT2D eigenvalue weighted by Gasteiger charge is 2.01. The fraction of sp³-hybridized carbons (Fsp3) is 0.188. The van der Waals surface area contributed by atoms with Crippen molar-refractivity contribution in [2.24, 2.45) is 0 Å². The summed E-state index contributed by atoms with van der Waals surface area (Å²) in [6, 6.07) is 16.0. The van der Waals surface area contributed by atoms with Gasteiger partial charge in [0.05, 0.1) is 0 Å². The van der Waals surface area contributed by atoms with Crippen LogP contribution in [0.5, 0.6) is 0 Å². The fourth-order valence-corrected chi connectivity index (χ4v) is 2.09. The van der Waals surface area contributed by atoms with Crippen LogP contribution < -0.4 is 0 Å². The van der Waals surface area contributed by atoms with Gasteiger partial charge in [0.1, 0.15) is 5.78 Å². The van der Waals surface area contributed by atoms with Gasteiger partial charge in [-0.25, -0.2) is 0 Å². The highest BCUT2D eigenvalue weighted by atomic mass is 35.5. The predicted molar refractivity (Wildman–Crippen MR) is 75.9 cm³/mol. The van der Waals surface area contributed by atoms with E-state index in [4.69, 9.17) is 11.6 Å². The van der Waals surface area contributed by atoms with E-state index in [-0.39, 0.29) is 5.78 Å². The van der Waals surface area contributed by atoms with Gasteiger partial charge in [-0.1, -0.05) is 48.0 Å². The van der Waals surface area contributed by atoms with Gasteiger partial charge in [-0.2, -0.15) is 0 Å². The van der Waals surface area contributed by atoms with Crippen molar-refractivity contribution < 1.29 is 4.79 Å². The summed E-state index contributed by atoms with van der Waals surface area (Å²) in [4.78, 5) is 11.0. The van der Waals surface area contributed by atoms with Gasteiger partial charge < -0.3 is 4.79 Å². The number of aryl methyl sites for hydroxylation is 1. The first-order chi connectivity index (χ1) is 8.65. The van der Waals surface area contributed by atoms with E-state index in [1.807, 2.05) is 30.3 Å².